The Kier molecular flexibility index (Phi) is 19.8. The van der Waals surface area contributed by atoms with E-state index in [1.54, 1.807) is 0 Å². The average Bonchev–Trinajstić information content (AvgIpc) is 2.37. The van der Waals surface area contributed by atoms with E-state index < -0.39 is 0 Å². The van der Waals surface area contributed by atoms with Crippen molar-refractivity contribution < 1.29 is 27.4 Å². The number of rotatable bonds is 14. The molecule has 0 spiro atoms. The number of alkyl halides is 1. The minimum Gasteiger partial charge on any atom is -1.00 e. The highest BCUT2D eigenvalue weighted by molar-refractivity contribution is 9.09. The second-order valence-corrected chi connectivity index (χ2v) is 7.94. The highest BCUT2D eigenvalue weighted by atomic mass is 79.9. The summed E-state index contributed by atoms with van der Waals surface area (Å²) < 4.78 is 0. The molecule has 0 aliphatic heterocycles. The molecule has 2 atom stereocenters. The molecule has 0 aromatic heterocycles. The van der Waals surface area contributed by atoms with Crippen LogP contribution in [-0.2, 0) is 0 Å². The molecule has 2 unspecified atom stereocenters. The number of hydrogen-bond donors (Lipinski definition) is 2. The van der Waals surface area contributed by atoms with Crippen LogP contribution < -0.4 is 22.3 Å². The molecule has 0 aliphatic carbocycles. The van der Waals surface area contributed by atoms with Crippen molar-refractivity contribution in [3.8, 4) is 0 Å². The maximum Gasteiger partial charge on any atom is 0.102 e. The van der Waals surface area contributed by atoms with Crippen LogP contribution in [0.25, 0.3) is 0 Å². The predicted molar refractivity (Wildman–Crippen MR) is 92.4 cm³/mol. The molecule has 0 rings (SSSR count). The fraction of sp³-hybridized carbons (Fsp3) is 1.00. The number of nitrogens with two attached hydrogens (primary N) is 1. The summed E-state index contributed by atoms with van der Waals surface area (Å²) in [6, 6.07) is 0. The van der Waals surface area contributed by atoms with E-state index in [9.17, 15) is 0 Å². The van der Waals surface area contributed by atoms with E-state index in [0.29, 0.717) is 4.83 Å². The quantitative estimate of drug-likeness (QED) is 0.311. The van der Waals surface area contributed by atoms with Crippen LogP contribution in [0.3, 0.4) is 0 Å². The van der Waals surface area contributed by atoms with Gasteiger partial charge in [0.15, 0.2) is 0 Å². The first-order chi connectivity index (χ1) is 9.52. The Balaban J connectivity index is 0. The van der Waals surface area contributed by atoms with Crippen molar-refractivity contribution >= 4 is 15.9 Å². The molecular weight excluding hydrogens is 394 g/mol. The third kappa shape index (κ3) is 20.9. The van der Waals surface area contributed by atoms with E-state index in [1.807, 2.05) is 6.92 Å². The van der Waals surface area contributed by atoms with Crippen molar-refractivity contribution in [2.24, 2.45) is 5.92 Å². The molecule has 0 fully saturated rings. The van der Waals surface area contributed by atoms with Crippen LogP contribution in [0.15, 0.2) is 0 Å². The van der Waals surface area contributed by atoms with Gasteiger partial charge in [-0.1, -0.05) is 74.7 Å². The standard InChI is InChI=1S/C17H36BrNO.BrH/c1-15(2)10-8-6-4-5-7-9-11-17(18)12-13-19-14-16(3)20;/h15-17,19-20H,4-14H2,1-3H3;1H. The number of aliphatic hydroxyl groups excluding tert-OH is 1. The van der Waals surface area contributed by atoms with Crippen LogP contribution in [0.2, 0.25) is 0 Å². The Morgan fingerprint density at radius 2 is 1.38 bits per heavy atom. The molecule has 0 aromatic carbocycles. The molecule has 0 bridgehead atoms. The van der Waals surface area contributed by atoms with Gasteiger partial charge in [0.05, 0.1) is 12.6 Å². The van der Waals surface area contributed by atoms with Crippen LogP contribution in [0.1, 0.15) is 78.6 Å². The second kappa shape index (κ2) is 17.2. The highest BCUT2D eigenvalue weighted by Crippen LogP contribution is 2.16. The fourth-order valence-electron chi connectivity index (χ4n) is 2.43. The summed E-state index contributed by atoms with van der Waals surface area (Å²) in [5, 5.41) is 11.4. The molecular formula is C17H37Br2NO. The SMILES string of the molecule is CC(C)CCCCCCCCC(Br)CC[NH2+]CC(C)O.[Br-]. The molecule has 2 nitrogen and oxygen atoms in total. The molecule has 3 N–H and O–H groups in total. The number of hydrogen-bond acceptors (Lipinski definition) is 1. The monoisotopic (exact) mass is 429 g/mol. The largest absolute Gasteiger partial charge is 1.00 e. The minimum absolute atomic E-state index is 0. The van der Waals surface area contributed by atoms with Crippen molar-refractivity contribution in [2.45, 2.75) is 89.5 Å². The van der Waals surface area contributed by atoms with E-state index in [1.165, 1.54) is 57.8 Å². The van der Waals surface area contributed by atoms with E-state index in [-0.39, 0.29) is 23.1 Å². The predicted octanol–water partition coefficient (Wildman–Crippen LogP) is 0.865. The van der Waals surface area contributed by atoms with Gasteiger partial charge in [0.1, 0.15) is 6.54 Å². The molecule has 0 aromatic rings. The molecule has 0 radical (unpaired) electrons. The molecule has 0 aliphatic rings. The van der Waals surface area contributed by atoms with Gasteiger partial charge in [-0.15, -0.1) is 0 Å². The lowest BCUT2D eigenvalue weighted by Gasteiger charge is -2.09. The number of unbranched alkanes of at least 4 members (excludes halogenated alkanes) is 5. The van der Waals surface area contributed by atoms with Crippen LogP contribution in [0, 0.1) is 5.92 Å². The first kappa shape index (κ1) is 24.1. The van der Waals surface area contributed by atoms with Crippen molar-refractivity contribution in [1.29, 1.82) is 0 Å². The number of aliphatic hydroxyl groups is 1. The third-order valence-corrected chi connectivity index (χ3v) is 4.66. The summed E-state index contributed by atoms with van der Waals surface area (Å²) in [7, 11) is 0. The Morgan fingerprint density at radius 3 is 1.90 bits per heavy atom. The molecule has 0 saturated carbocycles. The van der Waals surface area contributed by atoms with Gasteiger partial charge in [-0.25, -0.2) is 0 Å². The van der Waals surface area contributed by atoms with Gasteiger partial charge >= 0.3 is 0 Å². The third-order valence-electron chi connectivity index (χ3n) is 3.74. The van der Waals surface area contributed by atoms with E-state index in [0.717, 1.165) is 19.0 Å². The lowest BCUT2D eigenvalue weighted by molar-refractivity contribution is -0.660. The summed E-state index contributed by atoms with van der Waals surface area (Å²) in [4.78, 5) is 0.661. The average molecular weight is 431 g/mol. The smallest absolute Gasteiger partial charge is 0.102 e. The van der Waals surface area contributed by atoms with Gasteiger partial charge in [0, 0.05) is 11.2 Å². The van der Waals surface area contributed by atoms with Crippen LogP contribution >= 0.6 is 15.9 Å². The number of halogens is 2. The number of quaternary nitrogens is 1. The molecule has 0 heterocycles. The van der Waals surface area contributed by atoms with Gasteiger partial charge in [-0.3, -0.25) is 0 Å². The summed E-state index contributed by atoms with van der Waals surface area (Å²) >= 11 is 3.77. The minimum atomic E-state index is -0.181. The maximum atomic E-state index is 9.17. The van der Waals surface area contributed by atoms with E-state index in [2.05, 4.69) is 35.1 Å². The van der Waals surface area contributed by atoms with Crippen LogP contribution in [0.4, 0.5) is 0 Å². The van der Waals surface area contributed by atoms with Crippen LogP contribution in [-0.4, -0.2) is 29.1 Å². The molecule has 130 valence electrons. The van der Waals surface area contributed by atoms with E-state index >= 15 is 0 Å². The molecule has 0 saturated heterocycles. The zero-order chi connectivity index (χ0) is 15.2. The Hall–Kier alpha value is 0.880. The van der Waals surface area contributed by atoms with Crippen molar-refractivity contribution in [3.05, 3.63) is 0 Å². The lowest BCUT2D eigenvalue weighted by Crippen LogP contribution is -3.00. The van der Waals surface area contributed by atoms with Gasteiger partial charge < -0.3 is 27.4 Å². The van der Waals surface area contributed by atoms with Gasteiger partial charge in [0.2, 0.25) is 0 Å². The first-order valence-electron chi connectivity index (χ1n) is 8.66. The Bertz CT molecular complexity index is 201. The molecule has 0 amide bonds. The Labute approximate surface area is 151 Å². The fourth-order valence-corrected chi connectivity index (χ4v) is 3.02. The zero-order valence-electron chi connectivity index (χ0n) is 14.3. The Morgan fingerprint density at radius 1 is 0.857 bits per heavy atom. The van der Waals surface area contributed by atoms with E-state index in [4.69, 9.17) is 5.11 Å². The normalized spacial score (nSPS) is 14.0. The summed E-state index contributed by atoms with van der Waals surface area (Å²) in [6.07, 6.45) is 12.1. The first-order valence-corrected chi connectivity index (χ1v) is 9.57. The van der Waals surface area contributed by atoms with Crippen LogP contribution in [0.5, 0.6) is 0 Å². The summed E-state index contributed by atoms with van der Waals surface area (Å²) in [5.74, 6) is 0.870. The zero-order valence-corrected chi connectivity index (χ0v) is 17.5. The van der Waals surface area contributed by atoms with Gasteiger partial charge in [-0.05, 0) is 19.3 Å². The van der Waals surface area contributed by atoms with Gasteiger partial charge in [0.25, 0.3) is 0 Å². The van der Waals surface area contributed by atoms with Crippen molar-refractivity contribution in [1.82, 2.24) is 0 Å². The topological polar surface area (TPSA) is 36.8 Å². The summed E-state index contributed by atoms with van der Waals surface area (Å²) in [5.41, 5.74) is 0. The lowest BCUT2D eigenvalue weighted by atomic mass is 10.0. The van der Waals surface area contributed by atoms with Gasteiger partial charge in [-0.2, -0.15) is 0 Å². The van der Waals surface area contributed by atoms with Crippen molar-refractivity contribution in [3.63, 3.8) is 0 Å². The second-order valence-electron chi connectivity index (χ2n) is 6.64. The summed E-state index contributed by atoms with van der Waals surface area (Å²) in [6.45, 7) is 8.43. The van der Waals surface area contributed by atoms with Crippen molar-refractivity contribution in [2.75, 3.05) is 13.1 Å². The highest BCUT2D eigenvalue weighted by Gasteiger charge is 2.05. The molecule has 21 heavy (non-hydrogen) atoms. The molecule has 4 heteroatoms. The maximum absolute atomic E-state index is 9.17.